The van der Waals surface area contributed by atoms with E-state index in [9.17, 15) is 10.1 Å². The fourth-order valence-corrected chi connectivity index (χ4v) is 6.24. The van der Waals surface area contributed by atoms with Gasteiger partial charge in [0.15, 0.2) is 15.6 Å². The number of hydrogen-bond donors (Lipinski definition) is 1. The van der Waals surface area contributed by atoms with Crippen molar-refractivity contribution in [2.45, 2.75) is 51.2 Å². The molecule has 0 bridgehead atoms. The molecule has 162 valence electrons. The molecule has 1 amide bonds. The average molecular weight is 520 g/mol. The van der Waals surface area contributed by atoms with E-state index in [-0.39, 0.29) is 11.7 Å². The molecule has 0 saturated heterocycles. The van der Waals surface area contributed by atoms with Crippen LogP contribution in [-0.4, -0.2) is 26.4 Å². The monoisotopic (exact) mass is 519 g/mol. The number of fused-ring (bicyclic) bond motifs is 1. The number of thiophene rings is 1. The van der Waals surface area contributed by atoms with Gasteiger partial charge in [0.1, 0.15) is 11.1 Å². The Morgan fingerprint density at radius 3 is 2.97 bits per heavy atom. The van der Waals surface area contributed by atoms with Crippen LogP contribution in [-0.2, 0) is 24.2 Å². The number of carbonyl (C=O) groups excluding carboxylic acids is 1. The lowest BCUT2D eigenvalue weighted by Crippen LogP contribution is -2.15. The summed E-state index contributed by atoms with van der Waals surface area (Å²) in [6.45, 7) is 4.85. The van der Waals surface area contributed by atoms with Crippen LogP contribution in [0.5, 0.6) is 0 Å². The molecule has 1 aliphatic carbocycles. The average Bonchev–Trinajstić information content (AvgIpc) is 3.47. The van der Waals surface area contributed by atoms with E-state index >= 15 is 0 Å². The first-order chi connectivity index (χ1) is 15.0. The number of carbonyl (C=O) groups is 1. The lowest BCUT2D eigenvalue weighted by atomic mass is 9.86. The van der Waals surface area contributed by atoms with Crippen molar-refractivity contribution in [1.29, 1.82) is 5.26 Å². The number of halogens is 1. The molecular formula is C21H22BrN5O2S2. The molecule has 0 aliphatic heterocycles. The molecule has 1 aliphatic rings. The van der Waals surface area contributed by atoms with E-state index in [0.29, 0.717) is 44.4 Å². The molecule has 0 aromatic carbocycles. The number of nitriles is 1. The van der Waals surface area contributed by atoms with E-state index in [1.54, 1.807) is 17.4 Å². The molecular weight excluding hydrogens is 498 g/mol. The molecule has 1 N–H and O–H groups in total. The Labute approximate surface area is 197 Å². The van der Waals surface area contributed by atoms with Crippen LogP contribution in [0.2, 0.25) is 0 Å². The first-order valence-electron chi connectivity index (χ1n) is 10.2. The minimum absolute atomic E-state index is 0.153. The van der Waals surface area contributed by atoms with Crippen molar-refractivity contribution in [3.63, 3.8) is 0 Å². The van der Waals surface area contributed by atoms with Crippen LogP contribution in [0, 0.1) is 17.2 Å². The summed E-state index contributed by atoms with van der Waals surface area (Å²) in [6.07, 6.45) is 4.18. The first kappa shape index (κ1) is 22.1. The molecule has 10 heteroatoms. The number of anilines is 1. The normalized spacial score (nSPS) is 15.5. The van der Waals surface area contributed by atoms with Gasteiger partial charge in [0.05, 0.1) is 11.3 Å². The van der Waals surface area contributed by atoms with Crippen molar-refractivity contribution in [1.82, 2.24) is 14.8 Å². The van der Waals surface area contributed by atoms with Gasteiger partial charge in [-0.05, 0) is 65.7 Å². The molecule has 31 heavy (non-hydrogen) atoms. The standard InChI is InChI=1S/C21H22BrN5O2S2/c1-3-12-5-6-13-14(10-23)20(31-16(13)9-12)24-18(28)11-30-21-26-25-19(27(21)4-2)15-7-8-17(22)29-15/h7-8,12H,3-6,9,11H2,1-2H3,(H,24,28). The van der Waals surface area contributed by atoms with Crippen LogP contribution in [0.15, 0.2) is 26.4 Å². The SMILES string of the molecule is CCC1CCc2c(sc(NC(=O)CSc3nnc(-c4ccc(Br)o4)n3CC)c2C#N)C1. The van der Waals surface area contributed by atoms with Gasteiger partial charge >= 0.3 is 0 Å². The number of furan rings is 1. The minimum atomic E-state index is -0.153. The molecule has 3 aromatic heterocycles. The fourth-order valence-electron chi connectivity index (χ4n) is 3.80. The molecule has 0 spiro atoms. The van der Waals surface area contributed by atoms with Crippen molar-refractivity contribution in [2.24, 2.45) is 5.92 Å². The molecule has 3 heterocycles. The summed E-state index contributed by atoms with van der Waals surface area (Å²) >= 11 is 6.17. The largest absolute Gasteiger partial charge is 0.446 e. The Bertz CT molecular complexity index is 1140. The lowest BCUT2D eigenvalue weighted by molar-refractivity contribution is -0.113. The van der Waals surface area contributed by atoms with Crippen molar-refractivity contribution in [3.05, 3.63) is 32.8 Å². The van der Waals surface area contributed by atoms with E-state index in [4.69, 9.17) is 4.42 Å². The number of amides is 1. The van der Waals surface area contributed by atoms with E-state index in [2.05, 4.69) is 44.4 Å². The second-order valence-corrected chi connectivity index (χ2v) is 10.2. The van der Waals surface area contributed by atoms with Gasteiger partial charge < -0.3 is 9.73 Å². The van der Waals surface area contributed by atoms with Crippen LogP contribution in [0.4, 0.5) is 5.00 Å². The fraction of sp³-hybridized carbons (Fsp3) is 0.429. The van der Waals surface area contributed by atoms with Gasteiger partial charge in [-0.25, -0.2) is 0 Å². The molecule has 0 radical (unpaired) electrons. The predicted molar refractivity (Wildman–Crippen MR) is 125 cm³/mol. The highest BCUT2D eigenvalue weighted by molar-refractivity contribution is 9.10. The number of nitrogens with zero attached hydrogens (tertiary/aromatic N) is 4. The van der Waals surface area contributed by atoms with Crippen LogP contribution in [0.3, 0.4) is 0 Å². The highest BCUT2D eigenvalue weighted by Crippen LogP contribution is 2.40. The van der Waals surface area contributed by atoms with Crippen LogP contribution in [0.25, 0.3) is 11.6 Å². The summed E-state index contributed by atoms with van der Waals surface area (Å²) in [4.78, 5) is 13.9. The van der Waals surface area contributed by atoms with Gasteiger partial charge in [0, 0.05) is 11.4 Å². The number of thioether (sulfide) groups is 1. The zero-order chi connectivity index (χ0) is 22.0. The molecule has 7 nitrogen and oxygen atoms in total. The van der Waals surface area contributed by atoms with Crippen molar-refractivity contribution in [2.75, 3.05) is 11.1 Å². The maximum atomic E-state index is 12.7. The Morgan fingerprint density at radius 1 is 1.45 bits per heavy atom. The minimum Gasteiger partial charge on any atom is -0.446 e. The maximum absolute atomic E-state index is 12.7. The summed E-state index contributed by atoms with van der Waals surface area (Å²) in [7, 11) is 0. The molecule has 1 unspecified atom stereocenters. The van der Waals surface area contributed by atoms with Crippen LogP contribution in [0.1, 0.15) is 42.7 Å². The summed E-state index contributed by atoms with van der Waals surface area (Å²) in [6, 6.07) is 5.94. The lowest BCUT2D eigenvalue weighted by Gasteiger charge is -2.20. The quantitative estimate of drug-likeness (QED) is 0.414. The van der Waals surface area contributed by atoms with Crippen molar-refractivity contribution < 1.29 is 9.21 Å². The number of rotatable bonds is 7. The van der Waals surface area contributed by atoms with Gasteiger partial charge in [-0.3, -0.25) is 9.36 Å². The highest BCUT2D eigenvalue weighted by Gasteiger charge is 2.26. The first-order valence-corrected chi connectivity index (χ1v) is 12.8. The van der Waals surface area contributed by atoms with Crippen LogP contribution < -0.4 is 5.32 Å². The maximum Gasteiger partial charge on any atom is 0.235 e. The Morgan fingerprint density at radius 2 is 2.29 bits per heavy atom. The summed E-state index contributed by atoms with van der Waals surface area (Å²) < 4.78 is 8.13. The molecule has 1 atom stereocenters. The second kappa shape index (κ2) is 9.59. The summed E-state index contributed by atoms with van der Waals surface area (Å²) in [5.41, 5.74) is 1.76. The zero-order valence-electron chi connectivity index (χ0n) is 17.3. The third kappa shape index (κ3) is 4.59. The summed E-state index contributed by atoms with van der Waals surface area (Å²) in [5, 5.41) is 22.4. The smallest absolute Gasteiger partial charge is 0.235 e. The third-order valence-corrected chi connectivity index (χ3v) is 8.03. The van der Waals surface area contributed by atoms with Crippen molar-refractivity contribution >= 4 is 49.9 Å². The molecule has 4 rings (SSSR count). The number of hydrogen-bond acceptors (Lipinski definition) is 7. The molecule has 0 fully saturated rings. The Kier molecular flexibility index (Phi) is 6.84. The third-order valence-electron chi connectivity index (χ3n) is 5.47. The Balaban J connectivity index is 1.44. The van der Waals surface area contributed by atoms with E-state index in [0.717, 1.165) is 31.2 Å². The topological polar surface area (TPSA) is 96.7 Å². The van der Waals surface area contributed by atoms with Crippen LogP contribution >= 0.6 is 39.0 Å². The van der Waals surface area contributed by atoms with Crippen molar-refractivity contribution in [3.8, 4) is 17.7 Å². The zero-order valence-corrected chi connectivity index (χ0v) is 20.5. The summed E-state index contributed by atoms with van der Waals surface area (Å²) in [5.74, 6) is 1.94. The number of nitrogens with one attached hydrogen (secondary N) is 1. The second-order valence-electron chi connectivity index (χ2n) is 7.33. The van der Waals surface area contributed by atoms with Gasteiger partial charge in [0.25, 0.3) is 0 Å². The van der Waals surface area contributed by atoms with E-state index in [1.165, 1.54) is 16.6 Å². The highest BCUT2D eigenvalue weighted by atomic mass is 79.9. The predicted octanol–water partition coefficient (Wildman–Crippen LogP) is 5.50. The molecule has 0 saturated carbocycles. The molecule has 3 aromatic rings. The van der Waals surface area contributed by atoms with Gasteiger partial charge in [-0.2, -0.15) is 5.26 Å². The van der Waals surface area contributed by atoms with Gasteiger partial charge in [-0.15, -0.1) is 21.5 Å². The van der Waals surface area contributed by atoms with E-state index < -0.39 is 0 Å². The van der Waals surface area contributed by atoms with Gasteiger partial charge in [-0.1, -0.05) is 25.1 Å². The Hall–Kier alpha value is -2.09. The number of aromatic nitrogens is 3. The van der Waals surface area contributed by atoms with Gasteiger partial charge in [0.2, 0.25) is 11.7 Å². The van der Waals surface area contributed by atoms with E-state index in [1.807, 2.05) is 17.6 Å².